The summed E-state index contributed by atoms with van der Waals surface area (Å²) in [4.78, 5) is 2.13. The van der Waals surface area contributed by atoms with Gasteiger partial charge in [-0.05, 0) is 19.0 Å². The Morgan fingerprint density at radius 1 is 1.00 bits per heavy atom. The molecule has 2 saturated heterocycles. The number of rotatable bonds is 3. The number of β-amino-alcohol motifs (C(OH)–C–C–N with tert-alkyl or cyclic N) is 1. The van der Waals surface area contributed by atoms with Gasteiger partial charge in [0.2, 0.25) is 0 Å². The van der Waals surface area contributed by atoms with Crippen molar-refractivity contribution in [2.45, 2.75) is 18.4 Å². The molecule has 0 aromatic heterocycles. The first kappa shape index (κ1) is 16.9. The maximum atomic E-state index is 12.8. The molecule has 0 radical (unpaired) electrons. The van der Waals surface area contributed by atoms with Crippen molar-refractivity contribution in [1.29, 1.82) is 0 Å². The molecule has 7 heteroatoms. The van der Waals surface area contributed by atoms with Crippen LogP contribution in [0.1, 0.15) is 17.9 Å². The second-order valence-corrected chi connectivity index (χ2v) is 8.37. The summed E-state index contributed by atoms with van der Waals surface area (Å²) in [5, 5.41) is 10.5. The lowest BCUT2D eigenvalue weighted by molar-refractivity contribution is 0.0812. The molecule has 128 valence electrons. The summed E-state index contributed by atoms with van der Waals surface area (Å²) in [7, 11) is -1.47. The van der Waals surface area contributed by atoms with Crippen molar-refractivity contribution in [1.82, 2.24) is 13.5 Å². The van der Waals surface area contributed by atoms with Gasteiger partial charge in [0.05, 0.1) is 6.10 Å². The SMILES string of the molecule is CN1CCN(S(=O)(=O)N2CC[C@@H](c3ccccc3)[C@H](O)C2)CC1. The van der Waals surface area contributed by atoms with Crippen molar-refractivity contribution >= 4 is 10.2 Å². The Morgan fingerprint density at radius 2 is 1.65 bits per heavy atom. The first-order chi connectivity index (χ1) is 11.0. The lowest BCUT2D eigenvalue weighted by Crippen LogP contribution is -2.55. The molecular formula is C16H25N3O3S. The lowest BCUT2D eigenvalue weighted by Gasteiger charge is -2.39. The van der Waals surface area contributed by atoms with E-state index in [1.165, 1.54) is 4.31 Å². The number of hydrogen-bond acceptors (Lipinski definition) is 4. The number of hydrogen-bond donors (Lipinski definition) is 1. The normalized spacial score (nSPS) is 28.8. The van der Waals surface area contributed by atoms with E-state index in [-0.39, 0.29) is 12.5 Å². The van der Waals surface area contributed by atoms with E-state index < -0.39 is 16.3 Å². The third-order valence-electron chi connectivity index (χ3n) is 4.89. The molecule has 0 bridgehead atoms. The minimum Gasteiger partial charge on any atom is -0.391 e. The van der Waals surface area contributed by atoms with E-state index in [1.807, 2.05) is 37.4 Å². The van der Waals surface area contributed by atoms with Crippen LogP contribution in [0, 0.1) is 0 Å². The van der Waals surface area contributed by atoms with Gasteiger partial charge >= 0.3 is 0 Å². The van der Waals surface area contributed by atoms with Gasteiger partial charge in [-0.3, -0.25) is 0 Å². The standard InChI is InChI=1S/C16H25N3O3S/c1-17-9-11-18(12-10-17)23(21,22)19-8-7-15(16(20)13-19)14-5-3-2-4-6-14/h2-6,15-16,20H,7-13H2,1H3/t15-,16+/m0/s1. The van der Waals surface area contributed by atoms with Crippen LogP contribution in [-0.4, -0.2) is 79.5 Å². The van der Waals surface area contributed by atoms with E-state index in [2.05, 4.69) is 4.90 Å². The molecule has 0 aliphatic carbocycles. The zero-order chi connectivity index (χ0) is 16.4. The molecule has 0 spiro atoms. The highest BCUT2D eigenvalue weighted by atomic mass is 32.2. The fourth-order valence-corrected chi connectivity index (χ4v) is 5.01. The van der Waals surface area contributed by atoms with Crippen molar-refractivity contribution in [3.8, 4) is 0 Å². The molecule has 2 heterocycles. The van der Waals surface area contributed by atoms with Crippen LogP contribution in [0.4, 0.5) is 0 Å². The van der Waals surface area contributed by atoms with Crippen LogP contribution in [0.3, 0.4) is 0 Å². The highest BCUT2D eigenvalue weighted by molar-refractivity contribution is 7.86. The van der Waals surface area contributed by atoms with E-state index in [1.54, 1.807) is 4.31 Å². The molecule has 1 N–H and O–H groups in total. The van der Waals surface area contributed by atoms with E-state index >= 15 is 0 Å². The largest absolute Gasteiger partial charge is 0.391 e. The first-order valence-corrected chi connectivity index (χ1v) is 9.55. The van der Waals surface area contributed by atoms with Crippen molar-refractivity contribution in [2.75, 3.05) is 46.3 Å². The quantitative estimate of drug-likeness (QED) is 0.862. The van der Waals surface area contributed by atoms with E-state index in [9.17, 15) is 13.5 Å². The minimum atomic E-state index is -3.47. The fraction of sp³-hybridized carbons (Fsp3) is 0.625. The molecule has 1 aromatic carbocycles. The van der Waals surface area contributed by atoms with Gasteiger partial charge < -0.3 is 10.0 Å². The highest BCUT2D eigenvalue weighted by Crippen LogP contribution is 2.30. The fourth-order valence-electron chi connectivity index (χ4n) is 3.38. The predicted octanol–water partition coefficient (Wildman–Crippen LogP) is 0.329. The minimum absolute atomic E-state index is 0.00939. The van der Waals surface area contributed by atoms with Crippen molar-refractivity contribution < 1.29 is 13.5 Å². The van der Waals surface area contributed by atoms with E-state index in [0.717, 1.165) is 18.7 Å². The van der Waals surface area contributed by atoms with Crippen molar-refractivity contribution in [3.63, 3.8) is 0 Å². The van der Waals surface area contributed by atoms with Crippen LogP contribution < -0.4 is 0 Å². The molecular weight excluding hydrogens is 314 g/mol. The number of aliphatic hydroxyl groups excluding tert-OH is 1. The Kier molecular flexibility index (Phi) is 5.03. The zero-order valence-corrected chi connectivity index (χ0v) is 14.3. The Hall–Kier alpha value is -0.990. The summed E-state index contributed by atoms with van der Waals surface area (Å²) in [5.41, 5.74) is 1.08. The topological polar surface area (TPSA) is 64.1 Å². The van der Waals surface area contributed by atoms with Gasteiger partial charge in [0.15, 0.2) is 0 Å². The van der Waals surface area contributed by atoms with Crippen LogP contribution in [0.5, 0.6) is 0 Å². The van der Waals surface area contributed by atoms with Crippen molar-refractivity contribution in [2.24, 2.45) is 0 Å². The molecule has 6 nitrogen and oxygen atoms in total. The Bertz CT molecular complexity index is 615. The molecule has 0 amide bonds. The van der Waals surface area contributed by atoms with Crippen LogP contribution in [0.15, 0.2) is 30.3 Å². The van der Waals surface area contributed by atoms with E-state index in [0.29, 0.717) is 26.1 Å². The second-order valence-electron chi connectivity index (χ2n) is 6.44. The second kappa shape index (κ2) is 6.86. The van der Waals surface area contributed by atoms with Gasteiger partial charge in [0.1, 0.15) is 0 Å². The number of piperazine rings is 1. The molecule has 23 heavy (non-hydrogen) atoms. The van der Waals surface area contributed by atoms with Gasteiger partial charge in [-0.2, -0.15) is 17.0 Å². The molecule has 0 unspecified atom stereocenters. The Morgan fingerprint density at radius 3 is 2.26 bits per heavy atom. The van der Waals surface area contributed by atoms with Gasteiger partial charge in [-0.15, -0.1) is 0 Å². The molecule has 0 saturated carbocycles. The van der Waals surface area contributed by atoms with Gasteiger partial charge in [0, 0.05) is 45.2 Å². The third kappa shape index (κ3) is 3.59. The third-order valence-corrected chi connectivity index (χ3v) is 6.89. The van der Waals surface area contributed by atoms with Crippen LogP contribution in [0.2, 0.25) is 0 Å². The van der Waals surface area contributed by atoms with Crippen molar-refractivity contribution in [3.05, 3.63) is 35.9 Å². The Labute approximate surface area is 138 Å². The van der Waals surface area contributed by atoms with Gasteiger partial charge in [-0.25, -0.2) is 0 Å². The average molecular weight is 339 g/mol. The Balaban J connectivity index is 1.67. The molecule has 1 aromatic rings. The van der Waals surface area contributed by atoms with Gasteiger partial charge in [0.25, 0.3) is 10.2 Å². The summed E-state index contributed by atoms with van der Waals surface area (Å²) < 4.78 is 28.5. The predicted molar refractivity (Wildman–Crippen MR) is 89.4 cm³/mol. The zero-order valence-electron chi connectivity index (χ0n) is 13.5. The van der Waals surface area contributed by atoms with Crippen LogP contribution >= 0.6 is 0 Å². The average Bonchev–Trinajstić information content (AvgIpc) is 2.56. The van der Waals surface area contributed by atoms with Crippen LogP contribution in [-0.2, 0) is 10.2 Å². The summed E-state index contributed by atoms with van der Waals surface area (Å²) in [6.45, 7) is 3.19. The number of aliphatic hydroxyl groups is 1. The van der Waals surface area contributed by atoms with Crippen LogP contribution in [0.25, 0.3) is 0 Å². The number of benzene rings is 1. The maximum absolute atomic E-state index is 12.8. The maximum Gasteiger partial charge on any atom is 0.282 e. The number of likely N-dealkylation sites (N-methyl/N-ethyl adjacent to an activating group) is 1. The summed E-state index contributed by atoms with van der Waals surface area (Å²) in [6.07, 6.45) is -0.00795. The highest BCUT2D eigenvalue weighted by Gasteiger charge is 2.38. The van der Waals surface area contributed by atoms with E-state index in [4.69, 9.17) is 0 Å². The molecule has 2 atom stereocenters. The number of piperidine rings is 1. The molecule has 2 aliphatic heterocycles. The molecule has 2 fully saturated rings. The smallest absolute Gasteiger partial charge is 0.282 e. The first-order valence-electron chi connectivity index (χ1n) is 8.15. The number of nitrogens with zero attached hydrogens (tertiary/aromatic N) is 3. The summed E-state index contributed by atoms with van der Waals surface area (Å²) in [6, 6.07) is 9.85. The lowest BCUT2D eigenvalue weighted by atomic mass is 9.88. The monoisotopic (exact) mass is 339 g/mol. The summed E-state index contributed by atoms with van der Waals surface area (Å²) in [5.74, 6) is 0.00939. The molecule has 2 aliphatic rings. The van der Waals surface area contributed by atoms with Gasteiger partial charge in [-0.1, -0.05) is 30.3 Å². The molecule has 3 rings (SSSR count). The summed E-state index contributed by atoms with van der Waals surface area (Å²) >= 11 is 0.